The van der Waals surface area contributed by atoms with Crippen molar-refractivity contribution in [2.24, 2.45) is 0 Å². The SMILES string of the molecule is O=S(=O)(Cc1ccc(Cl)s1)c1nnc2c(Cl)cc(Cl)cn12. The molecule has 3 rings (SSSR count). The molecule has 0 aliphatic heterocycles. The Bertz CT molecular complexity index is 933. The summed E-state index contributed by atoms with van der Waals surface area (Å²) in [6.07, 6.45) is 1.41. The van der Waals surface area contributed by atoms with Crippen LogP contribution in [-0.4, -0.2) is 23.0 Å². The lowest BCUT2D eigenvalue weighted by atomic mass is 10.5. The Balaban J connectivity index is 2.11. The summed E-state index contributed by atoms with van der Waals surface area (Å²) in [6.45, 7) is 0. The van der Waals surface area contributed by atoms with Gasteiger partial charge in [0.15, 0.2) is 5.65 Å². The molecule has 21 heavy (non-hydrogen) atoms. The van der Waals surface area contributed by atoms with Gasteiger partial charge in [0.2, 0.25) is 9.84 Å². The highest BCUT2D eigenvalue weighted by Gasteiger charge is 2.24. The Morgan fingerprint density at radius 2 is 1.95 bits per heavy atom. The number of thiophene rings is 1. The molecule has 3 aromatic rings. The summed E-state index contributed by atoms with van der Waals surface area (Å²) in [6, 6.07) is 4.78. The number of hydrogen-bond donors (Lipinski definition) is 0. The van der Waals surface area contributed by atoms with E-state index in [1.807, 2.05) is 0 Å². The predicted octanol–water partition coefficient (Wildman–Crippen LogP) is 3.72. The molecule has 0 unspecified atom stereocenters. The van der Waals surface area contributed by atoms with Gasteiger partial charge in [0.25, 0.3) is 5.16 Å². The molecule has 0 atom stereocenters. The second-order valence-corrected chi connectivity index (χ2v) is 8.67. The van der Waals surface area contributed by atoms with Crippen LogP contribution in [0.1, 0.15) is 4.88 Å². The zero-order chi connectivity index (χ0) is 15.2. The van der Waals surface area contributed by atoms with Crippen molar-refractivity contribution in [2.45, 2.75) is 10.9 Å². The van der Waals surface area contributed by atoms with Crippen LogP contribution in [-0.2, 0) is 15.6 Å². The summed E-state index contributed by atoms with van der Waals surface area (Å²) < 4.78 is 26.7. The second-order valence-electron chi connectivity index (χ2n) is 4.15. The molecule has 0 saturated heterocycles. The average Bonchev–Trinajstić information content (AvgIpc) is 2.95. The number of halogens is 3. The van der Waals surface area contributed by atoms with Gasteiger partial charge in [-0.3, -0.25) is 4.40 Å². The fraction of sp³-hybridized carbons (Fsp3) is 0.0909. The lowest BCUT2D eigenvalue weighted by Gasteiger charge is -2.02. The third-order valence-electron chi connectivity index (χ3n) is 2.63. The van der Waals surface area contributed by atoms with Crippen LogP contribution in [0, 0.1) is 0 Å². The molecule has 0 radical (unpaired) electrons. The molecule has 110 valence electrons. The first-order valence-electron chi connectivity index (χ1n) is 5.53. The second kappa shape index (κ2) is 5.40. The largest absolute Gasteiger partial charge is 0.271 e. The minimum atomic E-state index is -3.69. The molecule has 10 heteroatoms. The first-order valence-corrected chi connectivity index (χ1v) is 9.14. The van der Waals surface area contributed by atoms with Crippen molar-refractivity contribution in [1.82, 2.24) is 14.6 Å². The number of aromatic nitrogens is 3. The summed E-state index contributed by atoms with van der Waals surface area (Å²) in [7, 11) is -3.69. The van der Waals surface area contributed by atoms with Gasteiger partial charge in [0.1, 0.15) is 0 Å². The number of sulfone groups is 1. The summed E-state index contributed by atoms with van der Waals surface area (Å²) in [5.74, 6) is -0.213. The summed E-state index contributed by atoms with van der Waals surface area (Å²) >= 11 is 18.9. The van der Waals surface area contributed by atoms with Crippen LogP contribution in [0.3, 0.4) is 0 Å². The van der Waals surface area contributed by atoms with Gasteiger partial charge >= 0.3 is 0 Å². The number of pyridine rings is 1. The van der Waals surface area contributed by atoms with Crippen molar-refractivity contribution in [3.8, 4) is 0 Å². The molecule has 0 saturated carbocycles. The third-order valence-corrected chi connectivity index (χ3v) is 6.06. The van der Waals surface area contributed by atoms with E-state index in [0.717, 1.165) is 0 Å². The Kier molecular flexibility index (Phi) is 3.87. The zero-order valence-electron chi connectivity index (χ0n) is 10.1. The van der Waals surface area contributed by atoms with Crippen LogP contribution >= 0.6 is 46.1 Å². The van der Waals surface area contributed by atoms with Gasteiger partial charge in [-0.25, -0.2) is 8.42 Å². The molecule has 3 aromatic heterocycles. The van der Waals surface area contributed by atoms with Crippen LogP contribution in [0.4, 0.5) is 0 Å². The van der Waals surface area contributed by atoms with Crippen LogP contribution in [0.15, 0.2) is 29.6 Å². The standard InChI is InChI=1S/C11H6Cl3N3O2S2/c12-6-3-8(13)10-15-16-11(17(10)4-6)21(18,19)5-7-1-2-9(14)20-7/h1-4H,5H2. The van der Waals surface area contributed by atoms with Crippen molar-refractivity contribution >= 4 is 61.6 Å². The quantitative estimate of drug-likeness (QED) is 0.692. The predicted molar refractivity (Wildman–Crippen MR) is 83.2 cm³/mol. The number of hydrogen-bond acceptors (Lipinski definition) is 5. The Morgan fingerprint density at radius 3 is 2.62 bits per heavy atom. The summed E-state index contributed by atoms with van der Waals surface area (Å²) in [5.41, 5.74) is 0.240. The van der Waals surface area contributed by atoms with Crippen LogP contribution < -0.4 is 0 Å². The molecule has 0 fully saturated rings. The van der Waals surface area contributed by atoms with Crippen LogP contribution in [0.2, 0.25) is 14.4 Å². The zero-order valence-corrected chi connectivity index (χ0v) is 14.0. The van der Waals surface area contributed by atoms with Gasteiger partial charge in [-0.05, 0) is 18.2 Å². The van der Waals surface area contributed by atoms with E-state index < -0.39 is 9.84 Å². The number of rotatable bonds is 3. The van der Waals surface area contributed by atoms with E-state index in [1.54, 1.807) is 12.1 Å². The van der Waals surface area contributed by atoms with Gasteiger partial charge in [-0.1, -0.05) is 34.8 Å². The first-order chi connectivity index (χ1) is 9.87. The molecule has 0 aliphatic carbocycles. The molecule has 0 spiro atoms. The highest BCUT2D eigenvalue weighted by molar-refractivity contribution is 7.90. The lowest BCUT2D eigenvalue weighted by molar-refractivity contribution is 0.584. The lowest BCUT2D eigenvalue weighted by Crippen LogP contribution is -2.08. The van der Waals surface area contributed by atoms with Crippen LogP contribution in [0.5, 0.6) is 0 Å². The van der Waals surface area contributed by atoms with Crippen LogP contribution in [0.25, 0.3) is 5.65 Å². The smallest absolute Gasteiger partial charge is 0.254 e. The van der Waals surface area contributed by atoms with Gasteiger partial charge in [-0.15, -0.1) is 21.5 Å². The average molecular weight is 383 g/mol. The minimum Gasteiger partial charge on any atom is -0.271 e. The van der Waals surface area contributed by atoms with Crippen molar-refractivity contribution in [3.63, 3.8) is 0 Å². The van der Waals surface area contributed by atoms with Gasteiger partial charge in [-0.2, -0.15) is 0 Å². The number of nitrogens with zero attached hydrogens (tertiary/aromatic N) is 3. The van der Waals surface area contributed by atoms with Crippen molar-refractivity contribution in [2.75, 3.05) is 0 Å². The Morgan fingerprint density at radius 1 is 1.19 bits per heavy atom. The summed E-state index contributed by atoms with van der Waals surface area (Å²) in [5, 5.41) is 7.84. The maximum Gasteiger partial charge on any atom is 0.254 e. The molecule has 5 nitrogen and oxygen atoms in total. The van der Waals surface area contributed by atoms with Crippen molar-refractivity contribution < 1.29 is 8.42 Å². The highest BCUT2D eigenvalue weighted by Crippen LogP contribution is 2.27. The van der Waals surface area contributed by atoms with E-state index in [1.165, 1.54) is 28.0 Å². The maximum absolute atomic E-state index is 12.5. The number of fused-ring (bicyclic) bond motifs is 1. The highest BCUT2D eigenvalue weighted by atomic mass is 35.5. The molecule has 3 heterocycles. The van der Waals surface area contributed by atoms with E-state index in [-0.39, 0.29) is 21.6 Å². The van der Waals surface area contributed by atoms with Gasteiger partial charge < -0.3 is 0 Å². The Hall–Kier alpha value is -0.860. The first kappa shape index (κ1) is 15.1. The topological polar surface area (TPSA) is 64.3 Å². The Labute approximate surface area is 139 Å². The molecular formula is C11H6Cl3N3O2S2. The molecule has 0 aromatic carbocycles. The fourth-order valence-electron chi connectivity index (χ4n) is 1.80. The molecular weight excluding hydrogens is 377 g/mol. The van der Waals surface area contributed by atoms with E-state index in [4.69, 9.17) is 34.8 Å². The maximum atomic E-state index is 12.5. The molecule has 0 N–H and O–H groups in total. The van der Waals surface area contributed by atoms with Gasteiger partial charge in [0.05, 0.1) is 20.1 Å². The van der Waals surface area contributed by atoms with Gasteiger partial charge in [0, 0.05) is 11.1 Å². The van der Waals surface area contributed by atoms with Crippen molar-refractivity contribution in [1.29, 1.82) is 0 Å². The molecule has 0 amide bonds. The normalized spacial score (nSPS) is 12.1. The van der Waals surface area contributed by atoms with Crippen molar-refractivity contribution in [3.05, 3.63) is 43.7 Å². The fourth-order valence-corrected chi connectivity index (χ4v) is 5.09. The monoisotopic (exact) mass is 381 g/mol. The third kappa shape index (κ3) is 2.89. The summed E-state index contributed by atoms with van der Waals surface area (Å²) in [4.78, 5) is 0.616. The minimum absolute atomic E-state index is 0.202. The van der Waals surface area contributed by atoms with E-state index in [2.05, 4.69) is 10.2 Å². The molecule has 0 bridgehead atoms. The molecule has 0 aliphatic rings. The van der Waals surface area contributed by atoms with E-state index in [0.29, 0.717) is 14.2 Å². The van der Waals surface area contributed by atoms with E-state index >= 15 is 0 Å². The van der Waals surface area contributed by atoms with E-state index in [9.17, 15) is 8.42 Å².